The van der Waals surface area contributed by atoms with E-state index in [2.05, 4.69) is 5.10 Å². The van der Waals surface area contributed by atoms with Gasteiger partial charge in [0.15, 0.2) is 0 Å². The number of halogens is 2. The Morgan fingerprint density at radius 3 is 2.34 bits per heavy atom. The van der Waals surface area contributed by atoms with Gasteiger partial charge in [0.1, 0.15) is 22.4 Å². The van der Waals surface area contributed by atoms with Gasteiger partial charge < -0.3 is 0 Å². The molecule has 29 heavy (non-hydrogen) atoms. The van der Waals surface area contributed by atoms with Gasteiger partial charge in [0.2, 0.25) is 10.0 Å². The van der Waals surface area contributed by atoms with Crippen molar-refractivity contribution in [2.45, 2.75) is 55.4 Å². The van der Waals surface area contributed by atoms with Crippen LogP contribution >= 0.6 is 0 Å². The number of rotatable bonds is 4. The van der Waals surface area contributed by atoms with Crippen LogP contribution < -0.4 is 5.69 Å². The first-order chi connectivity index (χ1) is 13.8. The minimum atomic E-state index is -4.05. The number of nitrogens with zero attached hydrogens (tertiary/aromatic N) is 4. The van der Waals surface area contributed by atoms with E-state index in [-0.39, 0.29) is 30.7 Å². The van der Waals surface area contributed by atoms with E-state index in [1.54, 1.807) is 11.6 Å². The molecule has 1 aliphatic carbocycles. The molecule has 1 saturated heterocycles. The van der Waals surface area contributed by atoms with Crippen LogP contribution in [-0.4, -0.2) is 40.2 Å². The second-order valence-electron chi connectivity index (χ2n) is 7.83. The van der Waals surface area contributed by atoms with Crippen LogP contribution in [0.25, 0.3) is 0 Å². The summed E-state index contributed by atoms with van der Waals surface area (Å²) in [7, 11) is -2.41. The summed E-state index contributed by atoms with van der Waals surface area (Å²) in [5.74, 6) is -1.23. The molecule has 10 heteroatoms. The SMILES string of the molecule is Cn1nc(C2CCN(S(=O)(=O)c3ccc(F)cc3F)CC2)n(C2CCCC2)c1=O. The summed E-state index contributed by atoms with van der Waals surface area (Å²) in [6, 6.07) is 2.63. The van der Waals surface area contributed by atoms with Crippen molar-refractivity contribution >= 4 is 10.0 Å². The van der Waals surface area contributed by atoms with Gasteiger partial charge in [0.25, 0.3) is 0 Å². The third-order valence-electron chi connectivity index (χ3n) is 6.00. The van der Waals surface area contributed by atoms with E-state index in [9.17, 15) is 22.0 Å². The molecule has 0 spiro atoms. The molecule has 0 N–H and O–H groups in total. The normalized spacial score (nSPS) is 19.8. The van der Waals surface area contributed by atoms with Gasteiger partial charge >= 0.3 is 5.69 Å². The van der Waals surface area contributed by atoms with Gasteiger partial charge in [0, 0.05) is 38.2 Å². The molecule has 7 nitrogen and oxygen atoms in total. The average molecular weight is 426 g/mol. The lowest BCUT2D eigenvalue weighted by atomic mass is 9.97. The summed E-state index contributed by atoms with van der Waals surface area (Å²) >= 11 is 0. The first-order valence-corrected chi connectivity index (χ1v) is 11.3. The van der Waals surface area contributed by atoms with Crippen LogP contribution in [0.2, 0.25) is 0 Å². The van der Waals surface area contributed by atoms with Crippen LogP contribution in [0.4, 0.5) is 8.78 Å². The van der Waals surface area contributed by atoms with E-state index in [1.807, 2.05) is 0 Å². The molecule has 0 unspecified atom stereocenters. The Hall–Kier alpha value is -2.07. The highest BCUT2D eigenvalue weighted by atomic mass is 32.2. The van der Waals surface area contributed by atoms with E-state index < -0.39 is 26.6 Å². The molecule has 0 amide bonds. The molecule has 2 fully saturated rings. The van der Waals surface area contributed by atoms with Gasteiger partial charge in [-0.25, -0.2) is 26.7 Å². The maximum atomic E-state index is 14.0. The fourth-order valence-electron chi connectivity index (χ4n) is 4.46. The van der Waals surface area contributed by atoms with Crippen LogP contribution in [0.5, 0.6) is 0 Å². The van der Waals surface area contributed by atoms with Crippen molar-refractivity contribution in [1.29, 1.82) is 0 Å². The van der Waals surface area contributed by atoms with Crippen molar-refractivity contribution < 1.29 is 17.2 Å². The van der Waals surface area contributed by atoms with Gasteiger partial charge in [-0.2, -0.15) is 9.40 Å². The number of hydrogen-bond acceptors (Lipinski definition) is 4. The Bertz CT molecular complexity index is 1070. The number of sulfonamides is 1. The second-order valence-corrected chi connectivity index (χ2v) is 9.73. The zero-order valence-corrected chi connectivity index (χ0v) is 17.0. The highest BCUT2D eigenvalue weighted by molar-refractivity contribution is 7.89. The zero-order chi connectivity index (χ0) is 20.8. The lowest BCUT2D eigenvalue weighted by Crippen LogP contribution is -2.39. The van der Waals surface area contributed by atoms with E-state index in [4.69, 9.17) is 0 Å². The standard InChI is InChI=1S/C19H24F2N4O3S/c1-23-19(26)25(15-4-2-3-5-15)18(22-23)13-8-10-24(11-9-13)29(27,28)17-7-6-14(20)12-16(17)21/h6-7,12-13,15H,2-5,8-11H2,1H3. The van der Waals surface area contributed by atoms with Crippen LogP contribution in [-0.2, 0) is 17.1 Å². The van der Waals surface area contributed by atoms with Crippen LogP contribution in [0.1, 0.15) is 56.3 Å². The molecule has 1 saturated carbocycles. The third kappa shape index (κ3) is 3.63. The molecule has 1 aromatic carbocycles. The smallest absolute Gasteiger partial charge is 0.276 e. The number of aromatic nitrogens is 3. The highest BCUT2D eigenvalue weighted by Gasteiger charge is 2.35. The fourth-order valence-corrected chi connectivity index (χ4v) is 5.98. The first kappa shape index (κ1) is 20.2. The summed E-state index contributed by atoms with van der Waals surface area (Å²) in [5.41, 5.74) is -0.129. The Kier molecular flexibility index (Phi) is 5.32. The Balaban J connectivity index is 1.54. The van der Waals surface area contributed by atoms with E-state index in [1.165, 1.54) is 8.99 Å². The van der Waals surface area contributed by atoms with Gasteiger partial charge in [0.05, 0.1) is 0 Å². The number of benzene rings is 1. The molecular formula is C19H24F2N4O3S. The minimum absolute atomic E-state index is 0.0333. The number of aryl methyl sites for hydroxylation is 1. The molecule has 2 aromatic rings. The predicted octanol–water partition coefficient (Wildman–Crippen LogP) is 2.54. The van der Waals surface area contributed by atoms with Gasteiger partial charge in [-0.1, -0.05) is 12.8 Å². The van der Waals surface area contributed by atoms with Gasteiger partial charge in [-0.3, -0.25) is 4.57 Å². The molecule has 1 aliphatic heterocycles. The molecule has 4 rings (SSSR count). The largest absolute Gasteiger partial charge is 0.345 e. The average Bonchev–Trinajstić information content (AvgIpc) is 3.30. The maximum absolute atomic E-state index is 14.0. The Morgan fingerprint density at radius 2 is 1.72 bits per heavy atom. The van der Waals surface area contributed by atoms with E-state index in [0.29, 0.717) is 18.9 Å². The van der Waals surface area contributed by atoms with Crippen LogP contribution in [0, 0.1) is 11.6 Å². The highest BCUT2D eigenvalue weighted by Crippen LogP contribution is 2.34. The van der Waals surface area contributed by atoms with Crippen molar-refractivity contribution in [3.8, 4) is 0 Å². The quantitative estimate of drug-likeness (QED) is 0.753. The summed E-state index contributed by atoms with van der Waals surface area (Å²) < 4.78 is 57.1. The second kappa shape index (κ2) is 7.64. The zero-order valence-electron chi connectivity index (χ0n) is 16.2. The molecule has 0 bridgehead atoms. The van der Waals surface area contributed by atoms with Crippen molar-refractivity contribution in [2.75, 3.05) is 13.1 Å². The Morgan fingerprint density at radius 1 is 1.07 bits per heavy atom. The van der Waals surface area contributed by atoms with Gasteiger partial charge in [-0.05, 0) is 37.8 Å². The summed E-state index contributed by atoms with van der Waals surface area (Å²) in [6.07, 6.45) is 5.07. The first-order valence-electron chi connectivity index (χ1n) is 9.89. The molecule has 0 atom stereocenters. The molecule has 2 heterocycles. The van der Waals surface area contributed by atoms with Gasteiger partial charge in [-0.15, -0.1) is 0 Å². The number of piperidine rings is 1. The van der Waals surface area contributed by atoms with Crippen molar-refractivity contribution in [1.82, 2.24) is 18.7 Å². The molecule has 0 radical (unpaired) electrons. The number of hydrogen-bond donors (Lipinski definition) is 0. The summed E-state index contributed by atoms with van der Waals surface area (Å²) in [6.45, 7) is 0.387. The lowest BCUT2D eigenvalue weighted by Gasteiger charge is -2.31. The van der Waals surface area contributed by atoms with Crippen molar-refractivity contribution in [2.24, 2.45) is 7.05 Å². The predicted molar refractivity (Wildman–Crippen MR) is 102 cm³/mol. The Labute approximate surface area is 168 Å². The molecule has 158 valence electrons. The van der Waals surface area contributed by atoms with Crippen molar-refractivity contribution in [3.05, 3.63) is 46.1 Å². The summed E-state index contributed by atoms with van der Waals surface area (Å²) in [5, 5.41) is 4.45. The lowest BCUT2D eigenvalue weighted by molar-refractivity contribution is 0.303. The maximum Gasteiger partial charge on any atom is 0.345 e. The minimum Gasteiger partial charge on any atom is -0.276 e. The third-order valence-corrected chi connectivity index (χ3v) is 7.93. The molecule has 2 aliphatic rings. The molecule has 1 aromatic heterocycles. The summed E-state index contributed by atoms with van der Waals surface area (Å²) in [4.78, 5) is 12.1. The fraction of sp³-hybridized carbons (Fsp3) is 0.579. The van der Waals surface area contributed by atoms with E-state index in [0.717, 1.165) is 43.6 Å². The van der Waals surface area contributed by atoms with Crippen LogP contribution in [0.3, 0.4) is 0 Å². The topological polar surface area (TPSA) is 77.2 Å². The molecular weight excluding hydrogens is 402 g/mol. The monoisotopic (exact) mass is 426 g/mol. The van der Waals surface area contributed by atoms with E-state index >= 15 is 0 Å². The van der Waals surface area contributed by atoms with Crippen LogP contribution in [0.15, 0.2) is 27.9 Å². The van der Waals surface area contributed by atoms with Crippen molar-refractivity contribution in [3.63, 3.8) is 0 Å².